The third-order valence-corrected chi connectivity index (χ3v) is 5.22. The summed E-state index contributed by atoms with van der Waals surface area (Å²) < 4.78 is 5.93. The molecule has 0 saturated heterocycles. The van der Waals surface area contributed by atoms with Gasteiger partial charge in [-0.3, -0.25) is 0 Å². The molecular weight excluding hydrogens is 312 g/mol. The second kappa shape index (κ2) is 11.0. The fourth-order valence-electron chi connectivity index (χ4n) is 3.60. The number of unbranched alkanes of at least 4 members (excludes halogenated alkanes) is 3. The maximum atomic E-state index is 10.5. The van der Waals surface area contributed by atoms with Crippen molar-refractivity contribution in [1.29, 1.82) is 0 Å². The van der Waals surface area contributed by atoms with E-state index in [2.05, 4.69) is 6.92 Å². The van der Waals surface area contributed by atoms with Crippen LogP contribution in [0.1, 0.15) is 70.3 Å². The van der Waals surface area contributed by atoms with Crippen LogP contribution in [0.5, 0.6) is 5.75 Å². The van der Waals surface area contributed by atoms with Gasteiger partial charge in [0.05, 0.1) is 6.61 Å². The maximum absolute atomic E-state index is 10.5. The number of benzene rings is 1. The van der Waals surface area contributed by atoms with E-state index in [9.17, 15) is 4.79 Å². The van der Waals surface area contributed by atoms with Gasteiger partial charge in [0.15, 0.2) is 0 Å². The number of carboxylic acids is 1. The summed E-state index contributed by atoms with van der Waals surface area (Å²) in [7, 11) is 0. The molecule has 25 heavy (non-hydrogen) atoms. The average Bonchev–Trinajstić information content (AvgIpc) is 2.63. The Morgan fingerprint density at radius 3 is 2.40 bits per heavy atom. The van der Waals surface area contributed by atoms with Gasteiger partial charge in [0.2, 0.25) is 0 Å². The molecule has 0 bridgehead atoms. The molecule has 1 aliphatic rings. The van der Waals surface area contributed by atoms with Crippen molar-refractivity contribution < 1.29 is 14.6 Å². The normalized spacial score (nSPS) is 20.7. The van der Waals surface area contributed by atoms with Crippen LogP contribution >= 0.6 is 0 Å². The predicted molar refractivity (Wildman–Crippen MR) is 103 cm³/mol. The fourth-order valence-corrected chi connectivity index (χ4v) is 3.60. The lowest BCUT2D eigenvalue weighted by molar-refractivity contribution is -0.131. The van der Waals surface area contributed by atoms with Gasteiger partial charge in [0.25, 0.3) is 0 Å². The van der Waals surface area contributed by atoms with Crippen LogP contribution in [0.2, 0.25) is 0 Å². The zero-order valence-electron chi connectivity index (χ0n) is 15.5. The minimum Gasteiger partial charge on any atom is -0.493 e. The van der Waals surface area contributed by atoms with Crippen LogP contribution in [0, 0.1) is 11.8 Å². The van der Waals surface area contributed by atoms with Crippen molar-refractivity contribution in [1.82, 2.24) is 0 Å². The van der Waals surface area contributed by atoms with E-state index >= 15 is 0 Å². The van der Waals surface area contributed by atoms with Crippen LogP contribution in [0.4, 0.5) is 0 Å². The summed E-state index contributed by atoms with van der Waals surface area (Å²) in [6.45, 7) is 3.07. The topological polar surface area (TPSA) is 46.5 Å². The van der Waals surface area contributed by atoms with E-state index in [4.69, 9.17) is 9.84 Å². The fraction of sp³-hybridized carbons (Fsp3) is 0.591. The van der Waals surface area contributed by atoms with Crippen molar-refractivity contribution >= 4 is 12.0 Å². The maximum Gasteiger partial charge on any atom is 0.328 e. The molecule has 0 spiro atoms. The first-order valence-electron chi connectivity index (χ1n) is 9.81. The molecule has 3 heteroatoms. The molecule has 0 aliphatic heterocycles. The number of carbonyl (C=O) groups is 1. The Morgan fingerprint density at radius 1 is 1.08 bits per heavy atom. The van der Waals surface area contributed by atoms with E-state index < -0.39 is 5.97 Å². The van der Waals surface area contributed by atoms with E-state index in [-0.39, 0.29) is 0 Å². The lowest BCUT2D eigenvalue weighted by atomic mass is 9.80. The monoisotopic (exact) mass is 344 g/mol. The molecular formula is C22H32O3. The SMILES string of the molecule is CCCCCC[C@H]1CC[C@H](COc2ccc(C=CC(=O)O)cc2)CC1. The third kappa shape index (κ3) is 7.76. The van der Waals surface area contributed by atoms with Gasteiger partial charge in [0, 0.05) is 6.08 Å². The van der Waals surface area contributed by atoms with Crippen LogP contribution in [-0.2, 0) is 4.79 Å². The molecule has 138 valence electrons. The van der Waals surface area contributed by atoms with Gasteiger partial charge in [-0.15, -0.1) is 0 Å². The van der Waals surface area contributed by atoms with Crippen LogP contribution < -0.4 is 4.74 Å². The molecule has 1 aromatic carbocycles. The molecule has 0 heterocycles. The molecule has 0 radical (unpaired) electrons. The van der Waals surface area contributed by atoms with Gasteiger partial charge in [-0.25, -0.2) is 4.79 Å². The summed E-state index contributed by atoms with van der Waals surface area (Å²) in [4.78, 5) is 10.5. The minimum atomic E-state index is -0.929. The summed E-state index contributed by atoms with van der Waals surface area (Å²) in [5.41, 5.74) is 0.873. The molecule has 0 amide bonds. The summed E-state index contributed by atoms with van der Waals surface area (Å²) >= 11 is 0. The number of rotatable bonds is 10. The highest BCUT2D eigenvalue weighted by Gasteiger charge is 2.21. The smallest absolute Gasteiger partial charge is 0.328 e. The standard InChI is InChI=1S/C22H32O3/c1-2-3-4-5-6-18-7-9-20(10-8-18)17-25-21-14-11-19(12-15-21)13-16-22(23)24/h11-16,18,20H,2-10,17H2,1H3,(H,23,24)/t18-,20-. The molecule has 2 rings (SSSR count). The van der Waals surface area contributed by atoms with E-state index in [0.717, 1.165) is 29.9 Å². The van der Waals surface area contributed by atoms with Crippen molar-refractivity contribution in [3.05, 3.63) is 35.9 Å². The van der Waals surface area contributed by atoms with Gasteiger partial charge in [-0.2, -0.15) is 0 Å². The highest BCUT2D eigenvalue weighted by molar-refractivity contribution is 5.85. The van der Waals surface area contributed by atoms with Crippen molar-refractivity contribution in [3.63, 3.8) is 0 Å². The highest BCUT2D eigenvalue weighted by Crippen LogP contribution is 2.32. The van der Waals surface area contributed by atoms with Gasteiger partial charge in [0.1, 0.15) is 5.75 Å². The first-order chi connectivity index (χ1) is 12.2. The number of ether oxygens (including phenoxy) is 1. The zero-order valence-corrected chi connectivity index (χ0v) is 15.5. The lowest BCUT2D eigenvalue weighted by Crippen LogP contribution is -2.20. The third-order valence-electron chi connectivity index (χ3n) is 5.22. The first-order valence-corrected chi connectivity index (χ1v) is 9.81. The van der Waals surface area contributed by atoms with E-state index in [1.807, 2.05) is 24.3 Å². The van der Waals surface area contributed by atoms with Gasteiger partial charge in [-0.1, -0.05) is 64.0 Å². The number of carboxylic acid groups (broad SMARTS) is 1. The molecule has 0 aromatic heterocycles. The molecule has 1 aromatic rings. The van der Waals surface area contributed by atoms with Crippen molar-refractivity contribution in [2.45, 2.75) is 64.7 Å². The summed E-state index contributed by atoms with van der Waals surface area (Å²) in [5.74, 6) is 1.56. The van der Waals surface area contributed by atoms with Crippen molar-refractivity contribution in [3.8, 4) is 5.75 Å². The molecule has 1 N–H and O–H groups in total. The molecule has 3 nitrogen and oxygen atoms in total. The highest BCUT2D eigenvalue weighted by atomic mass is 16.5. The Bertz CT molecular complexity index is 525. The number of aliphatic carboxylic acids is 1. The van der Waals surface area contributed by atoms with Crippen LogP contribution in [0.3, 0.4) is 0 Å². The van der Waals surface area contributed by atoms with Crippen LogP contribution in [0.15, 0.2) is 30.3 Å². The van der Waals surface area contributed by atoms with Gasteiger partial charge >= 0.3 is 5.97 Å². The Kier molecular flexibility index (Phi) is 8.58. The second-order valence-corrected chi connectivity index (χ2v) is 7.29. The Labute approximate surface area is 152 Å². The lowest BCUT2D eigenvalue weighted by Gasteiger charge is -2.28. The largest absolute Gasteiger partial charge is 0.493 e. The van der Waals surface area contributed by atoms with Crippen molar-refractivity contribution in [2.75, 3.05) is 6.61 Å². The van der Waals surface area contributed by atoms with Gasteiger partial charge < -0.3 is 9.84 Å². The first kappa shape index (κ1) is 19.6. The van der Waals surface area contributed by atoms with Gasteiger partial charge in [-0.05, 0) is 48.4 Å². The van der Waals surface area contributed by atoms with E-state index in [0.29, 0.717) is 5.92 Å². The number of hydrogen-bond donors (Lipinski definition) is 1. The van der Waals surface area contributed by atoms with Crippen LogP contribution in [0.25, 0.3) is 6.08 Å². The average molecular weight is 344 g/mol. The molecule has 1 saturated carbocycles. The molecule has 0 atom stereocenters. The van der Waals surface area contributed by atoms with Crippen LogP contribution in [-0.4, -0.2) is 17.7 Å². The Hall–Kier alpha value is -1.77. The zero-order chi connectivity index (χ0) is 17.9. The predicted octanol–water partition coefficient (Wildman–Crippen LogP) is 5.94. The summed E-state index contributed by atoms with van der Waals surface area (Å²) in [5, 5.41) is 8.64. The Balaban J connectivity index is 1.64. The molecule has 0 unspecified atom stereocenters. The Morgan fingerprint density at radius 2 is 1.76 bits per heavy atom. The van der Waals surface area contributed by atoms with E-state index in [1.165, 1.54) is 57.8 Å². The summed E-state index contributed by atoms with van der Waals surface area (Å²) in [6.07, 6.45) is 15.0. The second-order valence-electron chi connectivity index (χ2n) is 7.29. The van der Waals surface area contributed by atoms with E-state index in [1.54, 1.807) is 6.08 Å². The summed E-state index contributed by atoms with van der Waals surface area (Å²) in [6, 6.07) is 7.62. The molecule has 1 fully saturated rings. The number of hydrogen-bond acceptors (Lipinski definition) is 2. The minimum absolute atomic E-state index is 0.679. The molecule has 1 aliphatic carbocycles. The van der Waals surface area contributed by atoms with Crippen molar-refractivity contribution in [2.24, 2.45) is 11.8 Å². The quantitative estimate of drug-likeness (QED) is 0.422.